The Kier molecular flexibility index (Phi) is 7.44. The maximum Gasteiger partial charge on any atom is 0.253 e. The normalized spacial score (nSPS) is 10.4. The van der Waals surface area contributed by atoms with Crippen molar-refractivity contribution in [2.24, 2.45) is 0 Å². The number of amides is 1. The van der Waals surface area contributed by atoms with Gasteiger partial charge >= 0.3 is 0 Å². The van der Waals surface area contributed by atoms with Gasteiger partial charge in [-0.2, -0.15) is 11.8 Å². The Balaban J connectivity index is 2.93. The molecule has 1 N–H and O–H groups in total. The van der Waals surface area contributed by atoms with E-state index in [1.807, 2.05) is 32.4 Å². The van der Waals surface area contributed by atoms with E-state index in [9.17, 15) is 4.79 Å². The van der Waals surface area contributed by atoms with Gasteiger partial charge in [-0.05, 0) is 31.7 Å². The fourth-order valence-corrected chi connectivity index (χ4v) is 2.37. The number of aromatic nitrogens is 1. The quantitative estimate of drug-likeness (QED) is 0.801. The number of carbonyl (C=O) groups excluding carboxylic acids is 1. The third-order valence-corrected chi connectivity index (χ3v) is 3.56. The molecule has 0 aliphatic rings. The van der Waals surface area contributed by atoms with Crippen LogP contribution in [0.15, 0.2) is 12.1 Å². The van der Waals surface area contributed by atoms with Gasteiger partial charge in [-0.25, -0.2) is 4.98 Å². The Morgan fingerprint density at radius 2 is 2.15 bits per heavy atom. The van der Waals surface area contributed by atoms with Crippen molar-refractivity contribution in [3.05, 3.63) is 23.4 Å². The van der Waals surface area contributed by atoms with Crippen LogP contribution >= 0.6 is 11.8 Å². The second kappa shape index (κ2) is 8.84. The zero-order valence-electron chi connectivity index (χ0n) is 12.9. The van der Waals surface area contributed by atoms with Crippen molar-refractivity contribution in [1.82, 2.24) is 9.88 Å². The van der Waals surface area contributed by atoms with Gasteiger partial charge in [-0.3, -0.25) is 4.79 Å². The van der Waals surface area contributed by atoms with Crippen LogP contribution in [-0.4, -0.2) is 47.9 Å². The van der Waals surface area contributed by atoms with Gasteiger partial charge in [-0.1, -0.05) is 13.3 Å². The van der Waals surface area contributed by atoms with Crippen LogP contribution in [0.4, 0.5) is 5.82 Å². The molecule has 1 aromatic rings. The number of rotatable bonds is 8. The van der Waals surface area contributed by atoms with E-state index in [1.165, 1.54) is 0 Å². The summed E-state index contributed by atoms with van der Waals surface area (Å²) in [6.07, 6.45) is 3.97. The summed E-state index contributed by atoms with van der Waals surface area (Å²) in [6.45, 7) is 5.72. The van der Waals surface area contributed by atoms with Gasteiger partial charge in [-0.15, -0.1) is 0 Å². The van der Waals surface area contributed by atoms with Gasteiger partial charge in [0.05, 0.1) is 0 Å². The van der Waals surface area contributed by atoms with Gasteiger partial charge in [0.1, 0.15) is 5.82 Å². The van der Waals surface area contributed by atoms with Crippen LogP contribution in [0.1, 0.15) is 36.3 Å². The number of thioether (sulfide) groups is 1. The maximum absolute atomic E-state index is 12.4. The average Bonchev–Trinajstić information content (AvgIpc) is 2.44. The molecule has 0 atom stereocenters. The molecule has 0 saturated carbocycles. The molecule has 1 heterocycles. The summed E-state index contributed by atoms with van der Waals surface area (Å²) in [4.78, 5) is 18.7. The Hall–Kier alpha value is -1.23. The first-order valence-electron chi connectivity index (χ1n) is 7.11. The molecule has 0 bridgehead atoms. The first-order valence-corrected chi connectivity index (χ1v) is 8.51. The lowest BCUT2D eigenvalue weighted by atomic mass is 10.1. The molecule has 0 radical (unpaired) electrons. The highest BCUT2D eigenvalue weighted by Crippen LogP contribution is 2.14. The number of anilines is 1. The third kappa shape index (κ3) is 5.04. The van der Waals surface area contributed by atoms with E-state index in [0.29, 0.717) is 0 Å². The van der Waals surface area contributed by atoms with Crippen molar-refractivity contribution in [3.63, 3.8) is 0 Å². The lowest BCUT2D eigenvalue weighted by Gasteiger charge is -2.17. The third-order valence-electron chi connectivity index (χ3n) is 2.97. The van der Waals surface area contributed by atoms with Gasteiger partial charge in [0.2, 0.25) is 0 Å². The molecule has 0 fully saturated rings. The molecular weight excluding hydrogens is 270 g/mol. The topological polar surface area (TPSA) is 45.2 Å². The van der Waals surface area contributed by atoms with Crippen LogP contribution in [-0.2, 0) is 6.42 Å². The van der Waals surface area contributed by atoms with Gasteiger partial charge in [0, 0.05) is 37.1 Å². The highest BCUT2D eigenvalue weighted by molar-refractivity contribution is 7.98. The largest absolute Gasteiger partial charge is 0.370 e. The van der Waals surface area contributed by atoms with Gasteiger partial charge < -0.3 is 10.2 Å². The minimum absolute atomic E-state index is 0.0676. The summed E-state index contributed by atoms with van der Waals surface area (Å²) in [5, 5.41) is 3.20. The van der Waals surface area contributed by atoms with E-state index in [0.717, 1.165) is 48.8 Å². The summed E-state index contributed by atoms with van der Waals surface area (Å²) in [6, 6.07) is 3.77. The second-order valence-corrected chi connectivity index (χ2v) is 5.72. The predicted octanol–water partition coefficient (Wildman–Crippen LogP) is 2.90. The zero-order valence-corrected chi connectivity index (χ0v) is 13.7. The fraction of sp³-hybridized carbons (Fsp3) is 0.600. The molecule has 1 rings (SSSR count). The van der Waals surface area contributed by atoms with Crippen LogP contribution in [0.2, 0.25) is 0 Å². The highest BCUT2D eigenvalue weighted by Gasteiger charge is 2.13. The zero-order chi connectivity index (χ0) is 15.0. The number of nitrogens with zero attached hydrogens (tertiary/aromatic N) is 2. The van der Waals surface area contributed by atoms with Crippen LogP contribution in [0.3, 0.4) is 0 Å². The Bertz CT molecular complexity index is 413. The van der Waals surface area contributed by atoms with E-state index in [-0.39, 0.29) is 5.91 Å². The molecule has 0 unspecified atom stereocenters. The van der Waals surface area contributed by atoms with E-state index < -0.39 is 0 Å². The molecule has 1 amide bonds. The average molecular weight is 295 g/mol. The van der Waals surface area contributed by atoms with Crippen molar-refractivity contribution in [3.8, 4) is 0 Å². The number of hydrogen-bond acceptors (Lipinski definition) is 4. The molecule has 112 valence electrons. The summed E-state index contributed by atoms with van der Waals surface area (Å²) in [7, 11) is 1.85. The smallest absolute Gasteiger partial charge is 0.253 e. The Labute approximate surface area is 126 Å². The molecule has 20 heavy (non-hydrogen) atoms. The highest BCUT2D eigenvalue weighted by atomic mass is 32.2. The molecule has 0 aliphatic heterocycles. The van der Waals surface area contributed by atoms with E-state index in [2.05, 4.69) is 17.2 Å². The first-order chi connectivity index (χ1) is 9.62. The SMILES string of the molecule is CCCc1cc(C(=O)N(C)CCSC)cc(NCC)n1. The molecule has 4 nitrogen and oxygen atoms in total. The molecule has 0 spiro atoms. The number of aryl methyl sites for hydroxylation is 1. The van der Waals surface area contributed by atoms with E-state index in [4.69, 9.17) is 0 Å². The fourth-order valence-electron chi connectivity index (χ4n) is 1.92. The maximum atomic E-state index is 12.4. The van der Waals surface area contributed by atoms with Gasteiger partial charge in [0.15, 0.2) is 0 Å². The monoisotopic (exact) mass is 295 g/mol. The van der Waals surface area contributed by atoms with Gasteiger partial charge in [0.25, 0.3) is 5.91 Å². The number of hydrogen-bond donors (Lipinski definition) is 1. The Morgan fingerprint density at radius 3 is 2.75 bits per heavy atom. The summed E-state index contributed by atoms with van der Waals surface area (Å²) in [5.41, 5.74) is 1.70. The van der Waals surface area contributed by atoms with E-state index >= 15 is 0 Å². The lowest BCUT2D eigenvalue weighted by molar-refractivity contribution is 0.0803. The minimum atomic E-state index is 0.0676. The van der Waals surface area contributed by atoms with Crippen LogP contribution in [0.5, 0.6) is 0 Å². The molecule has 0 saturated heterocycles. The molecule has 0 aliphatic carbocycles. The number of nitrogens with one attached hydrogen (secondary N) is 1. The molecular formula is C15H25N3OS. The van der Waals surface area contributed by atoms with Crippen LogP contribution in [0, 0.1) is 0 Å². The van der Waals surface area contributed by atoms with Crippen molar-refractivity contribution >= 4 is 23.5 Å². The second-order valence-electron chi connectivity index (χ2n) is 4.73. The first kappa shape index (κ1) is 16.8. The van der Waals surface area contributed by atoms with E-state index in [1.54, 1.807) is 16.7 Å². The van der Waals surface area contributed by atoms with Crippen LogP contribution < -0.4 is 5.32 Å². The Morgan fingerprint density at radius 1 is 1.40 bits per heavy atom. The molecule has 0 aromatic carbocycles. The number of pyridine rings is 1. The van der Waals surface area contributed by atoms with Crippen molar-refractivity contribution in [1.29, 1.82) is 0 Å². The van der Waals surface area contributed by atoms with Crippen molar-refractivity contribution < 1.29 is 4.79 Å². The summed E-state index contributed by atoms with van der Waals surface area (Å²) >= 11 is 1.75. The standard InChI is InChI=1S/C15H25N3OS/c1-5-7-13-10-12(11-14(17-13)16-6-2)15(19)18(3)8-9-20-4/h10-11H,5-9H2,1-4H3,(H,16,17). The van der Waals surface area contributed by atoms with Crippen molar-refractivity contribution in [2.75, 3.05) is 37.5 Å². The predicted molar refractivity (Wildman–Crippen MR) is 87.7 cm³/mol. The summed E-state index contributed by atoms with van der Waals surface area (Å²) in [5.74, 6) is 1.81. The van der Waals surface area contributed by atoms with Crippen LogP contribution in [0.25, 0.3) is 0 Å². The summed E-state index contributed by atoms with van der Waals surface area (Å²) < 4.78 is 0. The minimum Gasteiger partial charge on any atom is -0.370 e. The lowest BCUT2D eigenvalue weighted by Crippen LogP contribution is -2.29. The van der Waals surface area contributed by atoms with Crippen molar-refractivity contribution in [2.45, 2.75) is 26.7 Å². The number of carbonyl (C=O) groups is 1. The molecule has 1 aromatic heterocycles. The molecule has 5 heteroatoms.